The van der Waals surface area contributed by atoms with E-state index in [1.54, 1.807) is 11.3 Å². The third-order valence-corrected chi connectivity index (χ3v) is 5.39. The van der Waals surface area contributed by atoms with Crippen LogP contribution < -0.4 is 0 Å². The minimum Gasteiger partial charge on any atom is -0.388 e. The van der Waals surface area contributed by atoms with Crippen LogP contribution in [0.5, 0.6) is 0 Å². The Kier molecular flexibility index (Phi) is 3.55. The van der Waals surface area contributed by atoms with E-state index in [1.807, 2.05) is 11.4 Å². The molecule has 0 amide bonds. The summed E-state index contributed by atoms with van der Waals surface area (Å²) in [6, 6.07) is 10.5. The van der Waals surface area contributed by atoms with Crippen molar-refractivity contribution in [3.63, 3.8) is 0 Å². The van der Waals surface area contributed by atoms with Crippen molar-refractivity contribution in [2.45, 2.75) is 31.3 Å². The average Bonchev–Trinajstić information content (AvgIpc) is 3.16. The van der Waals surface area contributed by atoms with Gasteiger partial charge >= 0.3 is 0 Å². The first-order valence-corrected chi connectivity index (χ1v) is 7.91. The largest absolute Gasteiger partial charge is 0.388 e. The minimum atomic E-state index is -0.409. The second-order valence-electron chi connectivity index (χ2n) is 4.85. The standard InChI is InChI=1S/C15H15BrOS/c16-13-7-8-18-15(13)9-14(17)12-5-3-11(4-6-12)10-1-2-10/h3-8,10,14,17H,1-2,9H2. The number of thiophene rings is 1. The molecule has 18 heavy (non-hydrogen) atoms. The summed E-state index contributed by atoms with van der Waals surface area (Å²) in [5.74, 6) is 0.780. The predicted octanol–water partition coefficient (Wildman–Crippen LogP) is 4.66. The zero-order chi connectivity index (χ0) is 12.5. The van der Waals surface area contributed by atoms with Crippen LogP contribution in [0.15, 0.2) is 40.2 Å². The molecule has 1 atom stereocenters. The van der Waals surface area contributed by atoms with Crippen LogP contribution in [0.2, 0.25) is 0 Å². The molecule has 3 rings (SSSR count). The van der Waals surface area contributed by atoms with E-state index in [1.165, 1.54) is 23.3 Å². The lowest BCUT2D eigenvalue weighted by Crippen LogP contribution is -2.01. The molecule has 0 radical (unpaired) electrons. The Morgan fingerprint density at radius 3 is 2.50 bits per heavy atom. The van der Waals surface area contributed by atoms with Gasteiger partial charge in [-0.25, -0.2) is 0 Å². The minimum absolute atomic E-state index is 0.409. The molecule has 1 aliphatic carbocycles. The SMILES string of the molecule is OC(Cc1sccc1Br)c1ccc(C2CC2)cc1. The lowest BCUT2D eigenvalue weighted by Gasteiger charge is -2.11. The average molecular weight is 323 g/mol. The molecule has 0 saturated heterocycles. The van der Waals surface area contributed by atoms with E-state index < -0.39 is 6.10 Å². The smallest absolute Gasteiger partial charge is 0.0838 e. The summed E-state index contributed by atoms with van der Waals surface area (Å²) in [5.41, 5.74) is 2.43. The van der Waals surface area contributed by atoms with Crippen LogP contribution in [0.4, 0.5) is 0 Å². The summed E-state index contributed by atoms with van der Waals surface area (Å²) < 4.78 is 1.10. The Labute approximate surface area is 120 Å². The maximum atomic E-state index is 10.2. The van der Waals surface area contributed by atoms with Crippen LogP contribution in [0, 0.1) is 0 Å². The molecular weight excluding hydrogens is 308 g/mol. The molecular formula is C15H15BrOS. The number of aliphatic hydroxyl groups excluding tert-OH is 1. The van der Waals surface area contributed by atoms with Crippen LogP contribution in [-0.2, 0) is 6.42 Å². The highest BCUT2D eigenvalue weighted by molar-refractivity contribution is 9.10. The number of benzene rings is 1. The fraction of sp³-hybridized carbons (Fsp3) is 0.333. The highest BCUT2D eigenvalue weighted by atomic mass is 79.9. The van der Waals surface area contributed by atoms with Crippen LogP contribution in [0.25, 0.3) is 0 Å². The van der Waals surface area contributed by atoms with Gasteiger partial charge in [0.2, 0.25) is 0 Å². The molecule has 3 heteroatoms. The molecule has 1 aromatic heterocycles. The number of rotatable bonds is 4. The maximum Gasteiger partial charge on any atom is 0.0838 e. The van der Waals surface area contributed by atoms with Crippen molar-refractivity contribution >= 4 is 27.3 Å². The lowest BCUT2D eigenvalue weighted by molar-refractivity contribution is 0.179. The molecule has 1 heterocycles. The first-order valence-electron chi connectivity index (χ1n) is 6.24. The van der Waals surface area contributed by atoms with Gasteiger partial charge in [0.1, 0.15) is 0 Å². The van der Waals surface area contributed by atoms with E-state index in [-0.39, 0.29) is 0 Å². The van der Waals surface area contributed by atoms with Crippen molar-refractivity contribution in [2.75, 3.05) is 0 Å². The van der Waals surface area contributed by atoms with Crippen LogP contribution in [-0.4, -0.2) is 5.11 Å². The Hall–Kier alpha value is -0.640. The first kappa shape index (κ1) is 12.4. The molecule has 1 fully saturated rings. The van der Waals surface area contributed by atoms with E-state index in [4.69, 9.17) is 0 Å². The van der Waals surface area contributed by atoms with Gasteiger partial charge in [-0.1, -0.05) is 24.3 Å². The number of aliphatic hydroxyl groups is 1. The number of hydrogen-bond acceptors (Lipinski definition) is 2. The predicted molar refractivity (Wildman–Crippen MR) is 79.1 cm³/mol. The summed E-state index contributed by atoms with van der Waals surface area (Å²) in [6.45, 7) is 0. The number of hydrogen-bond donors (Lipinski definition) is 1. The Morgan fingerprint density at radius 2 is 1.94 bits per heavy atom. The molecule has 1 N–H and O–H groups in total. The fourth-order valence-electron chi connectivity index (χ4n) is 2.17. The first-order chi connectivity index (χ1) is 8.74. The molecule has 0 bridgehead atoms. The summed E-state index contributed by atoms with van der Waals surface area (Å²) in [5, 5.41) is 12.3. The van der Waals surface area contributed by atoms with Crippen LogP contribution in [0.1, 0.15) is 40.9 Å². The molecule has 0 aliphatic heterocycles. The van der Waals surface area contributed by atoms with Gasteiger partial charge in [-0.15, -0.1) is 11.3 Å². The zero-order valence-corrected chi connectivity index (χ0v) is 12.4. The topological polar surface area (TPSA) is 20.2 Å². The second-order valence-corrected chi connectivity index (χ2v) is 6.71. The number of halogens is 1. The summed E-state index contributed by atoms with van der Waals surface area (Å²) >= 11 is 5.19. The van der Waals surface area contributed by atoms with Gasteiger partial charge in [0, 0.05) is 15.8 Å². The van der Waals surface area contributed by atoms with E-state index in [9.17, 15) is 5.11 Å². The van der Waals surface area contributed by atoms with E-state index in [0.717, 1.165) is 16.0 Å². The molecule has 0 spiro atoms. The Balaban J connectivity index is 1.71. The van der Waals surface area contributed by atoms with Crippen LogP contribution in [0.3, 0.4) is 0 Å². The second kappa shape index (κ2) is 5.16. The summed E-state index contributed by atoms with van der Waals surface area (Å²) in [6.07, 6.45) is 2.92. The molecule has 1 saturated carbocycles. The van der Waals surface area contributed by atoms with Gasteiger partial charge in [0.25, 0.3) is 0 Å². The van der Waals surface area contributed by atoms with Crippen molar-refractivity contribution < 1.29 is 5.11 Å². The van der Waals surface area contributed by atoms with Gasteiger partial charge in [-0.2, -0.15) is 0 Å². The Bertz CT molecular complexity index is 528. The van der Waals surface area contributed by atoms with Gasteiger partial charge < -0.3 is 5.11 Å². The van der Waals surface area contributed by atoms with E-state index >= 15 is 0 Å². The van der Waals surface area contributed by atoms with Crippen molar-refractivity contribution in [3.8, 4) is 0 Å². The highest BCUT2D eigenvalue weighted by Gasteiger charge is 2.23. The van der Waals surface area contributed by atoms with Gasteiger partial charge in [-0.3, -0.25) is 0 Å². The van der Waals surface area contributed by atoms with Crippen molar-refractivity contribution in [3.05, 3.63) is 56.2 Å². The molecule has 2 aromatic rings. The van der Waals surface area contributed by atoms with Crippen molar-refractivity contribution in [1.29, 1.82) is 0 Å². The maximum absolute atomic E-state index is 10.2. The molecule has 94 valence electrons. The molecule has 1 unspecified atom stereocenters. The molecule has 1 aromatic carbocycles. The van der Waals surface area contributed by atoms with Crippen molar-refractivity contribution in [2.24, 2.45) is 0 Å². The van der Waals surface area contributed by atoms with Crippen molar-refractivity contribution in [1.82, 2.24) is 0 Å². The van der Waals surface area contributed by atoms with E-state index in [0.29, 0.717) is 6.42 Å². The highest BCUT2D eigenvalue weighted by Crippen LogP contribution is 2.40. The third-order valence-electron chi connectivity index (χ3n) is 3.44. The molecule has 1 aliphatic rings. The van der Waals surface area contributed by atoms with Gasteiger partial charge in [-0.05, 0) is 57.3 Å². The third kappa shape index (κ3) is 2.68. The Morgan fingerprint density at radius 1 is 1.22 bits per heavy atom. The zero-order valence-electron chi connectivity index (χ0n) is 9.97. The quantitative estimate of drug-likeness (QED) is 0.867. The monoisotopic (exact) mass is 322 g/mol. The summed E-state index contributed by atoms with van der Waals surface area (Å²) in [4.78, 5) is 1.20. The van der Waals surface area contributed by atoms with Gasteiger partial charge in [0.05, 0.1) is 6.10 Å². The van der Waals surface area contributed by atoms with E-state index in [2.05, 4.69) is 40.2 Å². The fourth-order valence-corrected chi connectivity index (χ4v) is 3.72. The lowest BCUT2D eigenvalue weighted by atomic mass is 10.0. The normalized spacial score (nSPS) is 16.8. The van der Waals surface area contributed by atoms with Crippen LogP contribution >= 0.6 is 27.3 Å². The summed E-state index contributed by atoms with van der Waals surface area (Å²) in [7, 11) is 0. The molecule has 1 nitrogen and oxygen atoms in total. The van der Waals surface area contributed by atoms with Gasteiger partial charge in [0.15, 0.2) is 0 Å².